The smallest absolute Gasteiger partial charge is 0.240 e. The predicted molar refractivity (Wildman–Crippen MR) is 85.9 cm³/mol. The fourth-order valence-electron chi connectivity index (χ4n) is 2.35. The highest BCUT2D eigenvalue weighted by Gasteiger charge is 2.27. The van der Waals surface area contributed by atoms with Gasteiger partial charge in [-0.1, -0.05) is 6.92 Å². The summed E-state index contributed by atoms with van der Waals surface area (Å²) in [5.74, 6) is 0. The number of rotatable bonds is 8. The molecule has 7 heteroatoms. The van der Waals surface area contributed by atoms with Crippen LogP contribution in [0.1, 0.15) is 19.8 Å². The molecule has 1 fully saturated rings. The predicted octanol–water partition coefficient (Wildman–Crippen LogP) is 1.07. The Labute approximate surface area is 126 Å². The van der Waals surface area contributed by atoms with Crippen molar-refractivity contribution in [3.63, 3.8) is 0 Å². The lowest BCUT2D eigenvalue weighted by Gasteiger charge is -2.20. The molecule has 0 bridgehead atoms. The third-order valence-electron chi connectivity index (χ3n) is 3.79. The zero-order chi connectivity index (χ0) is 15.5. The molecule has 1 aliphatic rings. The van der Waals surface area contributed by atoms with Gasteiger partial charge in [-0.2, -0.15) is 0 Å². The molecule has 1 aliphatic carbocycles. The zero-order valence-electron chi connectivity index (χ0n) is 12.6. The number of nitrogens with two attached hydrogens (primary N) is 1. The first-order valence-electron chi connectivity index (χ1n) is 7.29. The maximum atomic E-state index is 11.8. The van der Waals surface area contributed by atoms with Gasteiger partial charge in [0.15, 0.2) is 0 Å². The molecule has 21 heavy (non-hydrogen) atoms. The van der Waals surface area contributed by atoms with Crippen LogP contribution < -0.4 is 15.8 Å². The van der Waals surface area contributed by atoms with Crippen molar-refractivity contribution < 1.29 is 8.42 Å². The van der Waals surface area contributed by atoms with Gasteiger partial charge in [-0.3, -0.25) is 4.90 Å². The molecule has 4 N–H and O–H groups in total. The maximum absolute atomic E-state index is 11.8. The van der Waals surface area contributed by atoms with E-state index in [4.69, 9.17) is 5.73 Å². The van der Waals surface area contributed by atoms with Crippen LogP contribution in [0.3, 0.4) is 0 Å². The fraction of sp³-hybridized carbons (Fsp3) is 0.571. The molecule has 0 unspecified atom stereocenters. The summed E-state index contributed by atoms with van der Waals surface area (Å²) in [7, 11) is -2.05. The van der Waals surface area contributed by atoms with Gasteiger partial charge in [-0.15, -0.1) is 0 Å². The van der Waals surface area contributed by atoms with Crippen LogP contribution in [0.25, 0.3) is 0 Å². The summed E-state index contributed by atoms with van der Waals surface area (Å²) in [6, 6.07) is 5.43. The number of hydrogen-bond acceptors (Lipinski definition) is 5. The number of nitrogens with one attached hydrogen (secondary N) is 2. The Bertz CT molecular complexity index is 585. The van der Waals surface area contributed by atoms with Gasteiger partial charge in [-0.25, -0.2) is 13.1 Å². The van der Waals surface area contributed by atoms with Crippen molar-refractivity contribution in [1.29, 1.82) is 0 Å². The summed E-state index contributed by atoms with van der Waals surface area (Å²) in [4.78, 5) is 2.65. The van der Waals surface area contributed by atoms with Crippen molar-refractivity contribution >= 4 is 21.4 Å². The van der Waals surface area contributed by atoms with Crippen molar-refractivity contribution in [2.24, 2.45) is 0 Å². The number of nitrogen functional groups attached to an aromatic ring is 1. The Morgan fingerprint density at radius 1 is 1.38 bits per heavy atom. The van der Waals surface area contributed by atoms with Gasteiger partial charge in [0, 0.05) is 19.1 Å². The van der Waals surface area contributed by atoms with Crippen molar-refractivity contribution in [2.75, 3.05) is 37.7 Å². The average molecular weight is 312 g/mol. The molecule has 1 aromatic rings. The van der Waals surface area contributed by atoms with Gasteiger partial charge >= 0.3 is 0 Å². The number of anilines is 2. The summed E-state index contributed by atoms with van der Waals surface area (Å²) < 4.78 is 25.9. The summed E-state index contributed by atoms with van der Waals surface area (Å²) in [6.45, 7) is 4.88. The zero-order valence-corrected chi connectivity index (χ0v) is 13.4. The molecule has 0 radical (unpaired) electrons. The van der Waals surface area contributed by atoms with Crippen LogP contribution in [0.15, 0.2) is 23.1 Å². The molecule has 0 spiro atoms. The van der Waals surface area contributed by atoms with E-state index in [2.05, 4.69) is 21.9 Å². The molecule has 0 heterocycles. The van der Waals surface area contributed by atoms with E-state index in [-0.39, 0.29) is 4.90 Å². The molecular weight excluding hydrogens is 288 g/mol. The molecule has 0 aromatic heterocycles. The van der Waals surface area contributed by atoms with Crippen LogP contribution in [-0.2, 0) is 10.0 Å². The highest BCUT2D eigenvalue weighted by Crippen LogP contribution is 2.26. The van der Waals surface area contributed by atoms with Crippen LogP contribution in [-0.4, -0.2) is 46.0 Å². The van der Waals surface area contributed by atoms with E-state index in [9.17, 15) is 8.42 Å². The third kappa shape index (κ3) is 4.09. The SMILES string of the molecule is CCN(CCNc1cc(S(=O)(=O)NC)ccc1N)C1CC1. The third-order valence-corrected chi connectivity index (χ3v) is 5.20. The highest BCUT2D eigenvalue weighted by atomic mass is 32.2. The van der Waals surface area contributed by atoms with Crippen LogP contribution in [0.5, 0.6) is 0 Å². The second kappa shape index (κ2) is 6.64. The molecule has 118 valence electrons. The topological polar surface area (TPSA) is 87.5 Å². The van der Waals surface area contributed by atoms with E-state index < -0.39 is 10.0 Å². The monoisotopic (exact) mass is 312 g/mol. The average Bonchev–Trinajstić information content (AvgIpc) is 3.29. The highest BCUT2D eigenvalue weighted by molar-refractivity contribution is 7.89. The Kier molecular flexibility index (Phi) is 5.08. The number of nitrogens with zero attached hydrogens (tertiary/aromatic N) is 1. The minimum atomic E-state index is -3.44. The van der Waals surface area contributed by atoms with Gasteiger partial charge in [0.2, 0.25) is 10.0 Å². The first kappa shape index (κ1) is 16.1. The van der Waals surface area contributed by atoms with E-state index >= 15 is 0 Å². The summed E-state index contributed by atoms with van der Waals surface area (Å²) >= 11 is 0. The second-order valence-corrected chi connectivity index (χ2v) is 7.13. The minimum Gasteiger partial charge on any atom is -0.397 e. The lowest BCUT2D eigenvalue weighted by Crippen LogP contribution is -2.31. The van der Waals surface area contributed by atoms with Gasteiger partial charge in [0.25, 0.3) is 0 Å². The van der Waals surface area contributed by atoms with E-state index in [1.165, 1.54) is 26.0 Å². The number of benzene rings is 1. The first-order valence-corrected chi connectivity index (χ1v) is 8.77. The summed E-state index contributed by atoms with van der Waals surface area (Å²) in [5, 5.41) is 3.24. The molecule has 0 saturated heterocycles. The molecule has 1 saturated carbocycles. The van der Waals surface area contributed by atoms with Crippen molar-refractivity contribution in [1.82, 2.24) is 9.62 Å². The lowest BCUT2D eigenvalue weighted by atomic mass is 10.2. The molecule has 1 aromatic carbocycles. The quantitative estimate of drug-likeness (QED) is 0.625. The van der Waals surface area contributed by atoms with Crippen molar-refractivity contribution in [3.8, 4) is 0 Å². The van der Waals surface area contributed by atoms with Crippen LogP contribution >= 0.6 is 0 Å². The molecule has 2 rings (SSSR count). The second-order valence-electron chi connectivity index (χ2n) is 5.24. The van der Waals surface area contributed by atoms with Crippen molar-refractivity contribution in [2.45, 2.75) is 30.7 Å². The number of hydrogen-bond donors (Lipinski definition) is 3. The minimum absolute atomic E-state index is 0.219. The molecule has 0 amide bonds. The van der Waals surface area contributed by atoms with Crippen molar-refractivity contribution in [3.05, 3.63) is 18.2 Å². The van der Waals surface area contributed by atoms with E-state index in [1.54, 1.807) is 12.1 Å². The first-order chi connectivity index (χ1) is 9.97. The van der Waals surface area contributed by atoms with Gasteiger partial charge in [0.1, 0.15) is 0 Å². The molecule has 0 aliphatic heterocycles. The Hall–Kier alpha value is -1.31. The number of sulfonamides is 1. The fourth-order valence-corrected chi connectivity index (χ4v) is 3.10. The molecule has 0 atom stereocenters. The summed E-state index contributed by atoms with van der Waals surface area (Å²) in [5.41, 5.74) is 7.12. The van der Waals surface area contributed by atoms with Gasteiger partial charge in [-0.05, 0) is 44.6 Å². The largest absolute Gasteiger partial charge is 0.397 e. The molecule has 6 nitrogen and oxygen atoms in total. The Morgan fingerprint density at radius 3 is 2.67 bits per heavy atom. The Balaban J connectivity index is 2.00. The van der Waals surface area contributed by atoms with E-state index in [1.807, 2.05) is 0 Å². The van der Waals surface area contributed by atoms with Crippen LogP contribution in [0, 0.1) is 0 Å². The Morgan fingerprint density at radius 2 is 2.10 bits per heavy atom. The maximum Gasteiger partial charge on any atom is 0.240 e. The summed E-state index contributed by atoms with van der Waals surface area (Å²) in [6.07, 6.45) is 2.57. The van der Waals surface area contributed by atoms with Crippen LogP contribution in [0.4, 0.5) is 11.4 Å². The number of likely N-dealkylation sites (N-methyl/N-ethyl adjacent to an activating group) is 1. The lowest BCUT2D eigenvalue weighted by molar-refractivity contribution is 0.289. The van der Waals surface area contributed by atoms with Gasteiger partial charge < -0.3 is 11.1 Å². The standard InChI is InChI=1S/C14H24N4O2S/c1-3-18(11-4-5-11)9-8-17-14-10-12(6-7-13(14)15)21(19,20)16-2/h6-7,10-11,16-17H,3-5,8-9,15H2,1-2H3. The van der Waals surface area contributed by atoms with E-state index in [0.29, 0.717) is 11.4 Å². The van der Waals surface area contributed by atoms with Gasteiger partial charge in [0.05, 0.1) is 16.3 Å². The molecular formula is C14H24N4O2S. The van der Waals surface area contributed by atoms with E-state index in [0.717, 1.165) is 25.7 Å². The normalized spacial score (nSPS) is 15.4. The van der Waals surface area contributed by atoms with Crippen LogP contribution in [0.2, 0.25) is 0 Å².